The van der Waals surface area contributed by atoms with Gasteiger partial charge in [0.1, 0.15) is 0 Å². The molecule has 3 N–H and O–H groups in total. The molecule has 3 aromatic rings. The maximum absolute atomic E-state index is 12.1. The topological polar surface area (TPSA) is 104 Å². The summed E-state index contributed by atoms with van der Waals surface area (Å²) in [5.74, 6) is 0.114. The Morgan fingerprint density at radius 3 is 2.31 bits per heavy atom. The Morgan fingerprint density at radius 1 is 1.04 bits per heavy atom. The molecule has 0 unspecified atom stereocenters. The van der Waals surface area contributed by atoms with Crippen LogP contribution in [0.15, 0.2) is 51.6 Å². The molecular formula is C17H16BrN5O3. The lowest BCUT2D eigenvalue weighted by molar-refractivity contribution is 0.0824. The number of aromatic nitrogens is 2. The van der Waals surface area contributed by atoms with E-state index in [1.807, 2.05) is 24.3 Å². The first-order valence-electron chi connectivity index (χ1n) is 7.62. The number of phenolic OH excluding ortho intramolecular Hbond substituents is 1. The van der Waals surface area contributed by atoms with Crippen molar-refractivity contribution in [2.24, 2.45) is 0 Å². The van der Waals surface area contributed by atoms with Gasteiger partial charge in [-0.05, 0) is 50.5 Å². The lowest BCUT2D eigenvalue weighted by Gasteiger charge is -2.14. The Kier molecular flexibility index (Phi) is 5.08. The largest absolute Gasteiger partial charge is 0.505 e. The number of amides is 1. The molecule has 9 heteroatoms. The van der Waals surface area contributed by atoms with E-state index in [0.29, 0.717) is 11.5 Å². The molecule has 0 aliphatic rings. The molecule has 0 radical (unpaired) electrons. The third kappa shape index (κ3) is 3.62. The zero-order chi connectivity index (χ0) is 18.7. The lowest BCUT2D eigenvalue weighted by Crippen LogP contribution is -2.21. The average molecular weight is 418 g/mol. The molecule has 26 heavy (non-hydrogen) atoms. The third-order valence-corrected chi connectivity index (χ3v) is 4.23. The van der Waals surface area contributed by atoms with E-state index >= 15 is 0 Å². The van der Waals surface area contributed by atoms with Crippen molar-refractivity contribution in [3.8, 4) is 5.75 Å². The summed E-state index contributed by atoms with van der Waals surface area (Å²) in [5.41, 5.74) is 1.26. The summed E-state index contributed by atoms with van der Waals surface area (Å²) in [6, 6.07) is 12.3. The van der Waals surface area contributed by atoms with Gasteiger partial charge in [-0.15, -0.1) is 0 Å². The second kappa shape index (κ2) is 7.44. The van der Waals surface area contributed by atoms with Crippen LogP contribution in [0, 0.1) is 0 Å². The fraction of sp³-hybridized carbons (Fsp3) is 0.118. The summed E-state index contributed by atoms with van der Waals surface area (Å²) < 4.78 is 5.63. The van der Waals surface area contributed by atoms with Crippen LogP contribution in [0.4, 0.5) is 23.0 Å². The van der Waals surface area contributed by atoms with Crippen LogP contribution in [0.2, 0.25) is 0 Å². The van der Waals surface area contributed by atoms with E-state index in [1.165, 1.54) is 4.90 Å². The van der Waals surface area contributed by atoms with Crippen LogP contribution in [-0.4, -0.2) is 40.3 Å². The van der Waals surface area contributed by atoms with Crippen LogP contribution in [0.25, 0.3) is 0 Å². The molecule has 1 aromatic heterocycles. The van der Waals surface area contributed by atoms with E-state index < -0.39 is 0 Å². The van der Waals surface area contributed by atoms with E-state index in [4.69, 9.17) is 4.63 Å². The van der Waals surface area contributed by atoms with Gasteiger partial charge in [0.25, 0.3) is 5.91 Å². The van der Waals surface area contributed by atoms with Crippen LogP contribution < -0.4 is 10.6 Å². The normalized spacial score (nSPS) is 10.4. The molecule has 1 amide bonds. The Morgan fingerprint density at radius 2 is 1.65 bits per heavy atom. The minimum Gasteiger partial charge on any atom is -0.505 e. The molecule has 0 aliphatic heterocycles. The zero-order valence-corrected chi connectivity index (χ0v) is 15.6. The van der Waals surface area contributed by atoms with Gasteiger partial charge in [-0.25, -0.2) is 4.63 Å². The molecule has 2 aromatic carbocycles. The van der Waals surface area contributed by atoms with Crippen LogP contribution in [0.1, 0.15) is 10.4 Å². The summed E-state index contributed by atoms with van der Waals surface area (Å²) in [5, 5.41) is 24.1. The molecule has 0 aliphatic carbocycles. The number of carbonyl (C=O) groups is 1. The monoisotopic (exact) mass is 417 g/mol. The number of hydrogen-bond donors (Lipinski definition) is 3. The third-order valence-electron chi connectivity index (χ3n) is 3.54. The predicted octanol–water partition coefficient (Wildman–Crippen LogP) is 3.73. The van der Waals surface area contributed by atoms with Gasteiger partial charge in [-0.1, -0.05) is 18.2 Å². The van der Waals surface area contributed by atoms with Crippen molar-refractivity contribution in [3.63, 3.8) is 0 Å². The van der Waals surface area contributed by atoms with Crippen LogP contribution in [0.5, 0.6) is 5.75 Å². The van der Waals surface area contributed by atoms with E-state index in [1.54, 1.807) is 32.3 Å². The number of nitrogens with one attached hydrogen (secondary N) is 2. The highest BCUT2D eigenvalue weighted by atomic mass is 79.9. The van der Waals surface area contributed by atoms with Crippen molar-refractivity contribution >= 4 is 44.8 Å². The van der Waals surface area contributed by atoms with E-state index in [9.17, 15) is 9.90 Å². The number of phenols is 1. The molecule has 0 atom stereocenters. The maximum Gasteiger partial charge on any atom is 0.257 e. The first-order chi connectivity index (χ1) is 12.5. The van der Waals surface area contributed by atoms with Crippen molar-refractivity contribution in [2.75, 3.05) is 24.7 Å². The van der Waals surface area contributed by atoms with E-state index in [0.717, 1.165) is 10.2 Å². The fourth-order valence-electron chi connectivity index (χ4n) is 2.23. The zero-order valence-electron chi connectivity index (χ0n) is 14.0. The predicted molar refractivity (Wildman–Crippen MR) is 101 cm³/mol. The highest BCUT2D eigenvalue weighted by molar-refractivity contribution is 9.10. The van der Waals surface area contributed by atoms with Crippen molar-refractivity contribution in [3.05, 3.63) is 52.5 Å². The van der Waals surface area contributed by atoms with Gasteiger partial charge in [-0.3, -0.25) is 4.79 Å². The number of halogens is 1. The van der Waals surface area contributed by atoms with Crippen LogP contribution >= 0.6 is 15.9 Å². The standard InChI is InChI=1S/C17H16BrN5O3/c1-23(2)17(25)10-6-5-9-13(14(10)24)20-16-15(21-26-22-16)19-12-8-4-3-7-11(12)18/h3-9,24H,1-2H3,(H,19,21)(H,20,22). The quantitative estimate of drug-likeness (QED) is 0.543. The summed E-state index contributed by atoms with van der Waals surface area (Å²) in [4.78, 5) is 13.5. The summed E-state index contributed by atoms with van der Waals surface area (Å²) in [6.07, 6.45) is 0. The second-order valence-electron chi connectivity index (χ2n) is 5.59. The minimum absolute atomic E-state index is 0.178. The summed E-state index contributed by atoms with van der Waals surface area (Å²) in [7, 11) is 3.23. The van der Waals surface area contributed by atoms with Crippen LogP contribution in [-0.2, 0) is 0 Å². The van der Waals surface area contributed by atoms with Gasteiger partial charge >= 0.3 is 0 Å². The van der Waals surface area contributed by atoms with Gasteiger partial charge in [0, 0.05) is 18.6 Å². The number of rotatable bonds is 5. The molecule has 0 saturated carbocycles. The Hall–Kier alpha value is -3.07. The van der Waals surface area contributed by atoms with Gasteiger partial charge in [0.15, 0.2) is 5.75 Å². The number of benzene rings is 2. The number of aromatic hydroxyl groups is 1. The smallest absolute Gasteiger partial charge is 0.257 e. The molecule has 0 bridgehead atoms. The number of anilines is 4. The minimum atomic E-state index is -0.309. The van der Waals surface area contributed by atoms with E-state index in [2.05, 4.69) is 36.9 Å². The van der Waals surface area contributed by atoms with Gasteiger partial charge in [-0.2, -0.15) is 0 Å². The highest BCUT2D eigenvalue weighted by Gasteiger charge is 2.18. The molecule has 1 heterocycles. The van der Waals surface area contributed by atoms with Gasteiger partial charge < -0.3 is 20.6 Å². The molecule has 0 fully saturated rings. The Labute approximate surface area is 157 Å². The van der Waals surface area contributed by atoms with E-state index in [-0.39, 0.29) is 23.0 Å². The number of nitrogens with zero attached hydrogens (tertiary/aromatic N) is 3. The Balaban J connectivity index is 1.87. The molecule has 134 valence electrons. The summed E-state index contributed by atoms with van der Waals surface area (Å²) in [6.45, 7) is 0. The first-order valence-corrected chi connectivity index (χ1v) is 8.41. The van der Waals surface area contributed by atoms with Crippen molar-refractivity contribution < 1.29 is 14.5 Å². The number of para-hydroxylation sites is 2. The SMILES string of the molecule is CN(C)C(=O)c1cccc(Nc2nonc2Nc2ccccc2Br)c1O. The van der Waals surface area contributed by atoms with Gasteiger partial charge in [0.05, 0.1) is 16.9 Å². The van der Waals surface area contributed by atoms with Crippen molar-refractivity contribution in [1.82, 2.24) is 15.2 Å². The molecule has 0 spiro atoms. The average Bonchev–Trinajstić information content (AvgIpc) is 3.05. The molecule has 3 rings (SSSR count). The Bertz CT molecular complexity index is 942. The van der Waals surface area contributed by atoms with Gasteiger partial charge in [0.2, 0.25) is 11.6 Å². The van der Waals surface area contributed by atoms with Crippen LogP contribution in [0.3, 0.4) is 0 Å². The van der Waals surface area contributed by atoms with Crippen molar-refractivity contribution in [2.45, 2.75) is 0 Å². The molecule has 8 nitrogen and oxygen atoms in total. The number of carbonyl (C=O) groups excluding carboxylic acids is 1. The maximum atomic E-state index is 12.1. The molecular weight excluding hydrogens is 402 g/mol. The molecule has 0 saturated heterocycles. The first kappa shape index (κ1) is 17.7. The summed E-state index contributed by atoms with van der Waals surface area (Å²) >= 11 is 3.44. The highest BCUT2D eigenvalue weighted by Crippen LogP contribution is 2.33. The number of hydrogen-bond acceptors (Lipinski definition) is 7. The van der Waals surface area contributed by atoms with Crippen molar-refractivity contribution in [1.29, 1.82) is 0 Å². The fourth-order valence-corrected chi connectivity index (χ4v) is 2.61. The second-order valence-corrected chi connectivity index (χ2v) is 6.45. The lowest BCUT2D eigenvalue weighted by atomic mass is 10.1.